The van der Waals surface area contributed by atoms with Crippen molar-refractivity contribution in [3.05, 3.63) is 0 Å². The molecule has 0 aliphatic heterocycles. The number of rotatable bonds is 3. The Hall–Kier alpha value is 0.0400. The average Bonchev–Trinajstić information content (AvgIpc) is 2.04. The van der Waals surface area contributed by atoms with E-state index in [0.717, 1.165) is 19.3 Å². The van der Waals surface area contributed by atoms with Crippen molar-refractivity contribution in [2.75, 3.05) is 0 Å². The van der Waals surface area contributed by atoms with Gasteiger partial charge in [0, 0.05) is 0 Å². The van der Waals surface area contributed by atoms with Crippen LogP contribution in [-0.2, 0) is 13.8 Å². The van der Waals surface area contributed by atoms with E-state index in [9.17, 15) is 9.09 Å². The Balaban J connectivity index is 2.55. The SMILES string of the molecule is CC1(OP(=O)(O)OF)CCCCC1. The van der Waals surface area contributed by atoms with Crippen molar-refractivity contribution in [3.8, 4) is 0 Å². The zero-order valence-electron chi connectivity index (χ0n) is 7.53. The van der Waals surface area contributed by atoms with Gasteiger partial charge in [-0.15, -0.1) is 0 Å². The lowest BCUT2D eigenvalue weighted by Gasteiger charge is -2.33. The molecule has 1 aliphatic rings. The van der Waals surface area contributed by atoms with Gasteiger partial charge in [-0.25, -0.2) is 4.57 Å². The van der Waals surface area contributed by atoms with E-state index in [4.69, 9.17) is 9.42 Å². The van der Waals surface area contributed by atoms with Crippen LogP contribution in [0.25, 0.3) is 0 Å². The minimum Gasteiger partial charge on any atom is -0.301 e. The number of halogens is 1. The molecule has 1 atom stereocenters. The Morgan fingerprint density at radius 2 is 1.92 bits per heavy atom. The summed E-state index contributed by atoms with van der Waals surface area (Å²) >= 11 is 0. The van der Waals surface area contributed by atoms with Crippen molar-refractivity contribution in [1.29, 1.82) is 0 Å². The highest BCUT2D eigenvalue weighted by molar-refractivity contribution is 7.47. The Labute approximate surface area is 76.6 Å². The molecule has 0 aromatic carbocycles. The van der Waals surface area contributed by atoms with Crippen LogP contribution in [0.3, 0.4) is 0 Å². The van der Waals surface area contributed by atoms with Crippen molar-refractivity contribution < 1.29 is 23.2 Å². The summed E-state index contributed by atoms with van der Waals surface area (Å²) in [7, 11) is -4.47. The molecule has 1 unspecified atom stereocenters. The van der Waals surface area contributed by atoms with E-state index in [-0.39, 0.29) is 0 Å². The summed E-state index contributed by atoms with van der Waals surface area (Å²) in [6.07, 6.45) is 4.29. The van der Waals surface area contributed by atoms with E-state index < -0.39 is 13.4 Å². The second-order valence-corrected chi connectivity index (χ2v) is 4.90. The van der Waals surface area contributed by atoms with Crippen molar-refractivity contribution >= 4 is 7.82 Å². The Bertz CT molecular complexity index is 215. The highest BCUT2D eigenvalue weighted by atomic mass is 31.2. The van der Waals surface area contributed by atoms with Gasteiger partial charge in [-0.05, 0) is 24.3 Å². The summed E-state index contributed by atoms with van der Waals surface area (Å²) in [5, 5.41) is 0. The Morgan fingerprint density at radius 1 is 1.38 bits per heavy atom. The van der Waals surface area contributed by atoms with Crippen LogP contribution < -0.4 is 0 Å². The van der Waals surface area contributed by atoms with Crippen LogP contribution in [0.2, 0.25) is 0 Å². The van der Waals surface area contributed by atoms with Gasteiger partial charge in [0.25, 0.3) is 0 Å². The van der Waals surface area contributed by atoms with Gasteiger partial charge in [0.1, 0.15) is 0 Å². The first-order chi connectivity index (χ1) is 5.97. The summed E-state index contributed by atoms with van der Waals surface area (Å²) in [6, 6.07) is 0. The lowest BCUT2D eigenvalue weighted by molar-refractivity contribution is -0.0782. The van der Waals surface area contributed by atoms with E-state index in [1.807, 2.05) is 0 Å². The third kappa shape index (κ3) is 3.35. The van der Waals surface area contributed by atoms with Gasteiger partial charge >= 0.3 is 7.82 Å². The number of phosphoric acid groups is 1. The van der Waals surface area contributed by atoms with E-state index in [2.05, 4.69) is 4.73 Å². The molecular formula is C7H14FO4P. The molecule has 1 fully saturated rings. The van der Waals surface area contributed by atoms with Crippen molar-refractivity contribution in [2.24, 2.45) is 0 Å². The summed E-state index contributed by atoms with van der Waals surface area (Å²) in [6.45, 7) is 1.70. The third-order valence-electron chi connectivity index (χ3n) is 2.33. The molecule has 1 N–H and O–H groups in total. The zero-order chi connectivity index (χ0) is 9.95. The predicted octanol–water partition coefficient (Wildman–Crippen LogP) is 2.73. The molecule has 0 aromatic rings. The average molecular weight is 212 g/mol. The Kier molecular flexibility index (Phi) is 3.46. The number of phosphoric ester groups is 1. The van der Waals surface area contributed by atoms with Crippen molar-refractivity contribution in [3.63, 3.8) is 0 Å². The van der Waals surface area contributed by atoms with Gasteiger partial charge < -0.3 is 4.89 Å². The first-order valence-electron chi connectivity index (χ1n) is 4.31. The van der Waals surface area contributed by atoms with Gasteiger partial charge in [0.2, 0.25) is 0 Å². The topological polar surface area (TPSA) is 55.8 Å². The number of hydrogen-bond acceptors (Lipinski definition) is 3. The standard InChI is InChI=1S/C7H14FO4P/c1-7(5-3-2-4-6-7)11-13(9,10)12-8/h2-6H2,1H3,(H,9,10). The van der Waals surface area contributed by atoms with Crippen LogP contribution in [0.4, 0.5) is 4.53 Å². The molecule has 0 bridgehead atoms. The lowest BCUT2D eigenvalue weighted by atomic mass is 9.87. The van der Waals surface area contributed by atoms with Crippen molar-refractivity contribution in [1.82, 2.24) is 0 Å². The largest absolute Gasteiger partial charge is 0.503 e. The molecule has 78 valence electrons. The minimum atomic E-state index is -4.47. The van der Waals surface area contributed by atoms with Gasteiger partial charge in [0.05, 0.1) is 5.60 Å². The molecule has 1 rings (SSSR count). The summed E-state index contributed by atoms with van der Waals surface area (Å²) < 4.78 is 30.0. The maximum atomic E-state index is 11.6. The molecule has 0 heterocycles. The van der Waals surface area contributed by atoms with Crippen LogP contribution in [-0.4, -0.2) is 10.5 Å². The molecule has 1 saturated carbocycles. The summed E-state index contributed by atoms with van der Waals surface area (Å²) in [5.41, 5.74) is -0.714. The summed E-state index contributed by atoms with van der Waals surface area (Å²) in [5.74, 6) is 0. The molecule has 4 nitrogen and oxygen atoms in total. The summed E-state index contributed by atoms with van der Waals surface area (Å²) in [4.78, 5) is 8.78. The monoisotopic (exact) mass is 212 g/mol. The quantitative estimate of drug-likeness (QED) is 0.730. The first kappa shape index (κ1) is 11.1. The van der Waals surface area contributed by atoms with Crippen LogP contribution >= 0.6 is 7.82 Å². The molecule has 0 spiro atoms. The second-order valence-electron chi connectivity index (χ2n) is 3.64. The molecule has 0 aromatic heterocycles. The van der Waals surface area contributed by atoms with Gasteiger partial charge in [-0.3, -0.25) is 4.52 Å². The molecule has 0 amide bonds. The number of hydrogen-bond donors (Lipinski definition) is 1. The smallest absolute Gasteiger partial charge is 0.301 e. The van der Waals surface area contributed by atoms with E-state index >= 15 is 0 Å². The van der Waals surface area contributed by atoms with E-state index in [1.54, 1.807) is 6.92 Å². The van der Waals surface area contributed by atoms with Gasteiger partial charge in [-0.1, -0.05) is 24.0 Å². The molecule has 0 radical (unpaired) electrons. The molecule has 1 aliphatic carbocycles. The maximum absolute atomic E-state index is 11.6. The highest BCUT2D eigenvalue weighted by Gasteiger charge is 2.37. The first-order valence-corrected chi connectivity index (χ1v) is 5.81. The zero-order valence-corrected chi connectivity index (χ0v) is 8.43. The van der Waals surface area contributed by atoms with E-state index in [1.165, 1.54) is 0 Å². The van der Waals surface area contributed by atoms with Crippen LogP contribution in [0, 0.1) is 0 Å². The third-order valence-corrected chi connectivity index (χ3v) is 3.18. The lowest BCUT2D eigenvalue weighted by Crippen LogP contribution is -2.30. The molecular weight excluding hydrogens is 198 g/mol. The van der Waals surface area contributed by atoms with E-state index in [0.29, 0.717) is 12.8 Å². The predicted molar refractivity (Wildman–Crippen MR) is 44.6 cm³/mol. The second kappa shape index (κ2) is 4.05. The normalized spacial score (nSPS) is 26.7. The fraction of sp³-hybridized carbons (Fsp3) is 1.00. The maximum Gasteiger partial charge on any atom is 0.503 e. The Morgan fingerprint density at radius 3 is 2.38 bits per heavy atom. The van der Waals surface area contributed by atoms with Crippen molar-refractivity contribution in [2.45, 2.75) is 44.6 Å². The molecule has 6 heteroatoms. The fourth-order valence-electron chi connectivity index (χ4n) is 1.68. The highest BCUT2D eigenvalue weighted by Crippen LogP contribution is 2.50. The van der Waals surface area contributed by atoms with Crippen LogP contribution in [0.1, 0.15) is 39.0 Å². The van der Waals surface area contributed by atoms with Crippen LogP contribution in [0.15, 0.2) is 0 Å². The van der Waals surface area contributed by atoms with Crippen LogP contribution in [0.5, 0.6) is 0 Å². The molecule has 0 saturated heterocycles. The van der Waals surface area contributed by atoms with Gasteiger partial charge in [0.15, 0.2) is 0 Å². The minimum absolute atomic E-state index is 0.668. The molecule has 13 heavy (non-hydrogen) atoms. The fourth-order valence-corrected chi connectivity index (χ4v) is 2.45. The van der Waals surface area contributed by atoms with Gasteiger partial charge in [-0.2, -0.15) is 0 Å².